The van der Waals surface area contributed by atoms with E-state index in [-0.39, 0.29) is 24.3 Å². The molecule has 0 unspecified atom stereocenters. The average Bonchev–Trinajstić information content (AvgIpc) is 2.13. The monoisotopic (exact) mass is 222 g/mol. The zero-order valence-corrected chi connectivity index (χ0v) is 9.33. The molecular formula is C13H15FO2. The maximum absolute atomic E-state index is 12.8. The van der Waals surface area contributed by atoms with Gasteiger partial charge in [-0.15, -0.1) is 0 Å². The predicted molar refractivity (Wildman–Crippen MR) is 58.3 cm³/mol. The molecule has 0 bridgehead atoms. The van der Waals surface area contributed by atoms with Crippen LogP contribution in [0.4, 0.5) is 4.39 Å². The molecule has 0 spiro atoms. The molecule has 0 N–H and O–H groups in total. The van der Waals surface area contributed by atoms with Crippen molar-refractivity contribution in [2.24, 2.45) is 5.92 Å². The quantitative estimate of drug-likeness (QED) is 0.735. The summed E-state index contributed by atoms with van der Waals surface area (Å²) in [6, 6.07) is 4.50. The first-order valence-electron chi connectivity index (χ1n) is 5.58. The molecule has 2 rings (SSSR count). The first-order valence-corrected chi connectivity index (χ1v) is 5.58. The third kappa shape index (κ3) is 2.40. The summed E-state index contributed by atoms with van der Waals surface area (Å²) in [6.45, 7) is 2.07. The van der Waals surface area contributed by atoms with E-state index in [4.69, 9.17) is 4.74 Å². The lowest BCUT2D eigenvalue weighted by Gasteiger charge is -2.23. The summed E-state index contributed by atoms with van der Waals surface area (Å²) < 4.78 is 18.0. The van der Waals surface area contributed by atoms with Crippen LogP contribution in [-0.4, -0.2) is 5.97 Å². The van der Waals surface area contributed by atoms with Crippen molar-refractivity contribution in [2.45, 2.75) is 32.8 Å². The predicted octanol–water partition coefficient (Wildman–Crippen LogP) is 2.98. The van der Waals surface area contributed by atoms with Crippen LogP contribution in [0, 0.1) is 18.7 Å². The molecule has 1 aliphatic rings. The Kier molecular flexibility index (Phi) is 3.22. The van der Waals surface area contributed by atoms with Gasteiger partial charge in [-0.2, -0.15) is 0 Å². The zero-order valence-electron chi connectivity index (χ0n) is 9.33. The second-order valence-electron chi connectivity index (χ2n) is 4.31. The molecular weight excluding hydrogens is 207 g/mol. The first kappa shape index (κ1) is 11.1. The van der Waals surface area contributed by atoms with Gasteiger partial charge in [-0.05, 0) is 43.0 Å². The van der Waals surface area contributed by atoms with E-state index in [9.17, 15) is 9.18 Å². The van der Waals surface area contributed by atoms with E-state index in [1.54, 1.807) is 6.07 Å². The number of hydrogen-bond donors (Lipinski definition) is 0. The molecule has 0 aliphatic heterocycles. The number of halogens is 1. The lowest BCUT2D eigenvalue weighted by atomic mass is 9.86. The molecule has 0 heterocycles. The van der Waals surface area contributed by atoms with Crippen molar-refractivity contribution < 1.29 is 13.9 Å². The minimum Gasteiger partial charge on any atom is -0.461 e. The van der Waals surface area contributed by atoms with Crippen LogP contribution in [0.15, 0.2) is 18.2 Å². The summed E-state index contributed by atoms with van der Waals surface area (Å²) in [5, 5.41) is 0. The van der Waals surface area contributed by atoms with E-state index < -0.39 is 0 Å². The lowest BCUT2D eigenvalue weighted by molar-refractivity contribution is -0.152. The van der Waals surface area contributed by atoms with Crippen LogP contribution in [0.5, 0.6) is 0 Å². The summed E-state index contributed by atoms with van der Waals surface area (Å²) in [5.41, 5.74) is 1.69. The molecule has 0 radical (unpaired) electrons. The Morgan fingerprint density at radius 3 is 2.81 bits per heavy atom. The summed E-state index contributed by atoms with van der Waals surface area (Å²) >= 11 is 0. The molecule has 0 aromatic heterocycles. The fourth-order valence-electron chi connectivity index (χ4n) is 1.73. The second kappa shape index (κ2) is 4.64. The Morgan fingerprint density at radius 2 is 2.25 bits per heavy atom. The minimum atomic E-state index is -0.258. The molecule has 86 valence electrons. The Balaban J connectivity index is 1.91. The van der Waals surface area contributed by atoms with E-state index in [0.717, 1.165) is 30.4 Å². The van der Waals surface area contributed by atoms with E-state index >= 15 is 0 Å². The van der Waals surface area contributed by atoms with Crippen molar-refractivity contribution in [1.29, 1.82) is 0 Å². The topological polar surface area (TPSA) is 26.3 Å². The third-order valence-corrected chi connectivity index (χ3v) is 3.11. The van der Waals surface area contributed by atoms with E-state index in [2.05, 4.69) is 0 Å². The number of carbonyl (C=O) groups excluding carboxylic acids is 1. The van der Waals surface area contributed by atoms with Gasteiger partial charge in [-0.25, -0.2) is 4.39 Å². The molecule has 1 saturated carbocycles. The fraction of sp³-hybridized carbons (Fsp3) is 0.462. The normalized spacial score (nSPS) is 15.6. The highest BCUT2D eigenvalue weighted by molar-refractivity contribution is 5.73. The van der Waals surface area contributed by atoms with Crippen LogP contribution >= 0.6 is 0 Å². The van der Waals surface area contributed by atoms with Gasteiger partial charge in [0.2, 0.25) is 0 Å². The maximum Gasteiger partial charge on any atom is 0.309 e. The summed E-state index contributed by atoms with van der Waals surface area (Å²) in [4.78, 5) is 11.5. The molecule has 16 heavy (non-hydrogen) atoms. The van der Waals surface area contributed by atoms with Gasteiger partial charge in [0.1, 0.15) is 12.4 Å². The summed E-state index contributed by atoms with van der Waals surface area (Å²) in [7, 11) is 0. The van der Waals surface area contributed by atoms with Gasteiger partial charge in [0, 0.05) is 0 Å². The van der Waals surface area contributed by atoms with E-state index in [0.29, 0.717) is 0 Å². The van der Waals surface area contributed by atoms with Crippen molar-refractivity contribution >= 4 is 5.97 Å². The van der Waals surface area contributed by atoms with Crippen LogP contribution in [0.2, 0.25) is 0 Å². The number of hydrogen-bond acceptors (Lipinski definition) is 2. The van der Waals surface area contributed by atoms with Crippen LogP contribution < -0.4 is 0 Å². The van der Waals surface area contributed by atoms with E-state index in [1.807, 2.05) is 6.92 Å². The number of rotatable bonds is 3. The average molecular weight is 222 g/mol. The minimum absolute atomic E-state index is 0.0979. The van der Waals surface area contributed by atoms with Crippen molar-refractivity contribution in [3.05, 3.63) is 35.1 Å². The van der Waals surface area contributed by atoms with Gasteiger partial charge >= 0.3 is 5.97 Å². The second-order valence-corrected chi connectivity index (χ2v) is 4.31. The molecule has 1 aliphatic carbocycles. The maximum atomic E-state index is 12.8. The van der Waals surface area contributed by atoms with Crippen molar-refractivity contribution in [2.75, 3.05) is 0 Å². The highest BCUT2D eigenvalue weighted by Gasteiger charge is 2.26. The van der Waals surface area contributed by atoms with Gasteiger partial charge < -0.3 is 4.74 Å². The third-order valence-electron chi connectivity index (χ3n) is 3.11. The van der Waals surface area contributed by atoms with Gasteiger partial charge in [0.05, 0.1) is 5.92 Å². The Labute approximate surface area is 94.4 Å². The molecule has 1 aromatic rings. The highest BCUT2D eigenvalue weighted by atomic mass is 19.1. The van der Waals surface area contributed by atoms with Gasteiger partial charge in [-0.1, -0.05) is 12.5 Å². The van der Waals surface area contributed by atoms with Crippen molar-refractivity contribution in [1.82, 2.24) is 0 Å². The smallest absolute Gasteiger partial charge is 0.309 e. The van der Waals surface area contributed by atoms with Gasteiger partial charge in [-0.3, -0.25) is 4.79 Å². The highest BCUT2D eigenvalue weighted by Crippen LogP contribution is 2.27. The summed E-state index contributed by atoms with van der Waals surface area (Å²) in [5.74, 6) is -0.276. The first-order chi connectivity index (χ1) is 7.66. The van der Waals surface area contributed by atoms with E-state index in [1.165, 1.54) is 12.1 Å². The zero-order chi connectivity index (χ0) is 11.5. The fourth-order valence-corrected chi connectivity index (χ4v) is 1.73. The van der Waals surface area contributed by atoms with Crippen LogP contribution in [0.25, 0.3) is 0 Å². The van der Waals surface area contributed by atoms with Crippen molar-refractivity contribution in [3.8, 4) is 0 Å². The molecule has 0 atom stereocenters. The van der Waals surface area contributed by atoms with Gasteiger partial charge in [0.25, 0.3) is 0 Å². The van der Waals surface area contributed by atoms with Gasteiger partial charge in [0.15, 0.2) is 0 Å². The molecule has 1 aromatic carbocycles. The lowest BCUT2D eigenvalue weighted by Crippen LogP contribution is -2.24. The molecule has 1 fully saturated rings. The number of benzene rings is 1. The standard InChI is InChI=1S/C13H15FO2/c1-9-7-12(14)6-5-11(9)8-16-13(15)10-3-2-4-10/h5-7,10H,2-4,8H2,1H3. The van der Waals surface area contributed by atoms with Crippen LogP contribution in [0.3, 0.4) is 0 Å². The number of carbonyl (C=O) groups is 1. The Bertz CT molecular complexity index is 397. The molecule has 0 saturated heterocycles. The Hall–Kier alpha value is -1.38. The molecule has 0 amide bonds. The number of esters is 1. The SMILES string of the molecule is Cc1cc(F)ccc1COC(=O)C1CCC1. The summed E-state index contributed by atoms with van der Waals surface area (Å²) in [6.07, 6.45) is 3.01. The molecule has 2 nitrogen and oxygen atoms in total. The Morgan fingerprint density at radius 1 is 1.50 bits per heavy atom. The number of ether oxygens (including phenoxy) is 1. The largest absolute Gasteiger partial charge is 0.461 e. The van der Waals surface area contributed by atoms with Crippen LogP contribution in [0.1, 0.15) is 30.4 Å². The van der Waals surface area contributed by atoms with Crippen LogP contribution in [-0.2, 0) is 16.1 Å². The van der Waals surface area contributed by atoms with Crippen molar-refractivity contribution in [3.63, 3.8) is 0 Å². The number of aryl methyl sites for hydroxylation is 1. The molecule has 3 heteroatoms.